The van der Waals surface area contributed by atoms with Crippen molar-refractivity contribution in [3.8, 4) is 62.9 Å². The number of phenolic OH excluding ortho intramolecular Hbond substituents is 4. The summed E-state index contributed by atoms with van der Waals surface area (Å²) in [6.45, 7) is 0. The van der Waals surface area contributed by atoms with Crippen LogP contribution in [0.2, 0.25) is 0 Å². The number of hydrogen-bond acceptors (Lipinski definition) is 10. The second kappa shape index (κ2) is 9.69. The van der Waals surface area contributed by atoms with Gasteiger partial charge < -0.3 is 38.7 Å². The number of ether oxygens (including phenoxy) is 2. The largest absolute Gasteiger partial charge is 0.508 e. The maximum Gasteiger partial charge on any atom is 0.197 e. The van der Waals surface area contributed by atoms with Gasteiger partial charge in [-0.05, 0) is 42.5 Å². The summed E-state index contributed by atoms with van der Waals surface area (Å²) >= 11 is 0. The third kappa shape index (κ3) is 4.63. The standard InChI is InChI=1S/C31H20O10/c1-38-19-11-22(35)31-23(36)13-25(40-29(31)12-19)15-2-5-18(6-3-15)39-27-8-16(4-7-20(27)33)26-14-24(37)30-21(34)9-17(32)10-28(30)41-26/h2-14,32-35H,1H3. The monoisotopic (exact) mass is 552 g/mol. The minimum atomic E-state index is -0.515. The van der Waals surface area contributed by atoms with Gasteiger partial charge in [0.2, 0.25) is 0 Å². The van der Waals surface area contributed by atoms with Crippen LogP contribution in [0.25, 0.3) is 44.6 Å². The molecular weight excluding hydrogens is 532 g/mol. The van der Waals surface area contributed by atoms with E-state index < -0.39 is 16.6 Å². The average Bonchev–Trinajstić information content (AvgIpc) is 2.93. The van der Waals surface area contributed by atoms with Crippen LogP contribution in [0.15, 0.2) is 97.3 Å². The van der Waals surface area contributed by atoms with E-state index in [1.807, 2.05) is 0 Å². The van der Waals surface area contributed by atoms with E-state index in [9.17, 15) is 30.0 Å². The fourth-order valence-electron chi connectivity index (χ4n) is 4.46. The fraction of sp³-hybridized carbons (Fsp3) is 0.0323. The molecule has 10 heteroatoms. The Kier molecular flexibility index (Phi) is 6.00. The lowest BCUT2D eigenvalue weighted by Gasteiger charge is -2.11. The Morgan fingerprint density at radius 3 is 1.83 bits per heavy atom. The first kappa shape index (κ1) is 25.4. The number of phenols is 4. The maximum absolute atomic E-state index is 12.6. The molecule has 10 nitrogen and oxygen atoms in total. The number of hydrogen-bond donors (Lipinski definition) is 4. The summed E-state index contributed by atoms with van der Waals surface area (Å²) in [6, 6.07) is 18.5. The quantitative estimate of drug-likeness (QED) is 0.204. The topological polar surface area (TPSA) is 160 Å². The van der Waals surface area contributed by atoms with E-state index >= 15 is 0 Å². The van der Waals surface area contributed by atoms with Crippen molar-refractivity contribution in [1.29, 1.82) is 0 Å². The predicted octanol–water partition coefficient (Wildman–Crippen LogP) is 5.86. The van der Waals surface area contributed by atoms with Crippen molar-refractivity contribution in [3.05, 3.63) is 99.3 Å². The van der Waals surface area contributed by atoms with Crippen molar-refractivity contribution in [1.82, 2.24) is 0 Å². The number of methoxy groups -OCH3 is 1. The zero-order valence-corrected chi connectivity index (χ0v) is 21.2. The number of aromatic hydroxyl groups is 4. The van der Waals surface area contributed by atoms with E-state index in [0.29, 0.717) is 22.6 Å². The van der Waals surface area contributed by atoms with Crippen molar-refractivity contribution in [2.75, 3.05) is 7.11 Å². The van der Waals surface area contributed by atoms with Crippen LogP contribution in [0.1, 0.15) is 0 Å². The molecule has 0 radical (unpaired) electrons. The van der Waals surface area contributed by atoms with Crippen molar-refractivity contribution in [3.63, 3.8) is 0 Å². The van der Waals surface area contributed by atoms with Crippen LogP contribution in [0.5, 0.6) is 40.2 Å². The van der Waals surface area contributed by atoms with Crippen molar-refractivity contribution in [2.45, 2.75) is 0 Å². The second-order valence-electron chi connectivity index (χ2n) is 9.12. The lowest BCUT2D eigenvalue weighted by Crippen LogP contribution is -2.01. The molecule has 0 amide bonds. The smallest absolute Gasteiger partial charge is 0.197 e. The van der Waals surface area contributed by atoms with Crippen LogP contribution in [-0.4, -0.2) is 27.5 Å². The molecule has 0 saturated carbocycles. The summed E-state index contributed by atoms with van der Waals surface area (Å²) in [5, 5.41) is 40.4. The molecule has 2 aromatic heterocycles. The first-order valence-corrected chi connectivity index (χ1v) is 12.2. The van der Waals surface area contributed by atoms with E-state index in [2.05, 4.69) is 0 Å². The highest BCUT2D eigenvalue weighted by Crippen LogP contribution is 2.37. The Bertz CT molecular complexity index is 2090. The van der Waals surface area contributed by atoms with Gasteiger partial charge in [0.25, 0.3) is 0 Å². The van der Waals surface area contributed by atoms with Gasteiger partial charge in [0.1, 0.15) is 62.2 Å². The molecule has 204 valence electrons. The minimum absolute atomic E-state index is 0.00914. The number of rotatable bonds is 5. The molecule has 0 spiro atoms. The maximum atomic E-state index is 12.6. The Morgan fingerprint density at radius 2 is 1.17 bits per heavy atom. The highest BCUT2D eigenvalue weighted by molar-refractivity contribution is 5.87. The van der Waals surface area contributed by atoms with Crippen LogP contribution in [0.4, 0.5) is 0 Å². The van der Waals surface area contributed by atoms with Crippen LogP contribution in [0, 0.1) is 0 Å². The summed E-state index contributed by atoms with van der Waals surface area (Å²) in [5.41, 5.74) is 0.171. The summed E-state index contributed by atoms with van der Waals surface area (Å²) in [5.74, 6) is 0.0378. The third-order valence-electron chi connectivity index (χ3n) is 6.42. The van der Waals surface area contributed by atoms with Crippen molar-refractivity contribution >= 4 is 21.9 Å². The molecule has 0 aliphatic rings. The Morgan fingerprint density at radius 1 is 0.585 bits per heavy atom. The Labute approximate surface area is 230 Å². The number of fused-ring (bicyclic) bond motifs is 2. The molecule has 4 aromatic carbocycles. The molecule has 0 fully saturated rings. The molecule has 0 saturated heterocycles. The Hall–Kier alpha value is -5.90. The molecule has 41 heavy (non-hydrogen) atoms. The van der Waals surface area contributed by atoms with Gasteiger partial charge in [-0.25, -0.2) is 0 Å². The van der Waals surface area contributed by atoms with Crippen LogP contribution in [0.3, 0.4) is 0 Å². The van der Waals surface area contributed by atoms with E-state index in [-0.39, 0.29) is 56.5 Å². The number of benzene rings is 4. The van der Waals surface area contributed by atoms with Gasteiger partial charge in [-0.3, -0.25) is 9.59 Å². The highest BCUT2D eigenvalue weighted by Gasteiger charge is 2.16. The molecule has 0 bridgehead atoms. The zero-order chi connectivity index (χ0) is 28.8. The van der Waals surface area contributed by atoms with Crippen molar-refractivity contribution < 1.29 is 38.7 Å². The van der Waals surface area contributed by atoms with Gasteiger partial charge in [0.05, 0.1) is 7.11 Å². The summed E-state index contributed by atoms with van der Waals surface area (Å²) in [6.07, 6.45) is 0. The van der Waals surface area contributed by atoms with Gasteiger partial charge in [-0.1, -0.05) is 0 Å². The fourth-order valence-corrected chi connectivity index (χ4v) is 4.46. The van der Waals surface area contributed by atoms with E-state index in [1.165, 1.54) is 55.6 Å². The van der Waals surface area contributed by atoms with Crippen molar-refractivity contribution in [2.24, 2.45) is 0 Å². The molecule has 6 rings (SSSR count). The molecular formula is C31H20O10. The lowest BCUT2D eigenvalue weighted by molar-refractivity contribution is 0.408. The normalized spacial score (nSPS) is 11.1. The van der Waals surface area contributed by atoms with E-state index in [4.69, 9.17) is 18.3 Å². The van der Waals surface area contributed by atoms with Gasteiger partial charge in [-0.2, -0.15) is 0 Å². The zero-order valence-electron chi connectivity index (χ0n) is 21.2. The minimum Gasteiger partial charge on any atom is -0.508 e. The molecule has 0 atom stereocenters. The van der Waals surface area contributed by atoms with Gasteiger partial charge in [-0.15, -0.1) is 0 Å². The van der Waals surface area contributed by atoms with E-state index in [0.717, 1.165) is 6.07 Å². The molecule has 0 aliphatic carbocycles. The SMILES string of the molecule is COc1cc(O)c2c(=O)cc(-c3ccc(Oc4cc(-c5cc(=O)c6c(O)cc(O)cc6o5)ccc4O)cc3)oc2c1. The van der Waals surface area contributed by atoms with E-state index in [1.54, 1.807) is 24.3 Å². The molecule has 0 aliphatic heterocycles. The summed E-state index contributed by atoms with van der Waals surface area (Å²) in [4.78, 5) is 25.3. The first-order valence-electron chi connectivity index (χ1n) is 12.2. The Balaban J connectivity index is 1.31. The van der Waals surface area contributed by atoms with Gasteiger partial charge in [0, 0.05) is 47.5 Å². The summed E-state index contributed by atoms with van der Waals surface area (Å²) in [7, 11) is 1.43. The lowest BCUT2D eigenvalue weighted by atomic mass is 10.1. The van der Waals surface area contributed by atoms with Gasteiger partial charge in [0.15, 0.2) is 22.4 Å². The highest BCUT2D eigenvalue weighted by atomic mass is 16.5. The molecule has 2 heterocycles. The molecule has 4 N–H and O–H groups in total. The van der Waals surface area contributed by atoms with Gasteiger partial charge >= 0.3 is 0 Å². The van der Waals surface area contributed by atoms with Crippen LogP contribution >= 0.6 is 0 Å². The van der Waals surface area contributed by atoms with Crippen LogP contribution in [-0.2, 0) is 0 Å². The third-order valence-corrected chi connectivity index (χ3v) is 6.42. The van der Waals surface area contributed by atoms with Crippen LogP contribution < -0.4 is 20.3 Å². The molecule has 0 unspecified atom stereocenters. The molecule has 6 aromatic rings. The first-order chi connectivity index (χ1) is 19.7. The average molecular weight is 552 g/mol. The summed E-state index contributed by atoms with van der Waals surface area (Å²) < 4.78 is 22.6. The second-order valence-corrected chi connectivity index (χ2v) is 9.12. The predicted molar refractivity (Wildman–Crippen MR) is 149 cm³/mol.